The van der Waals surface area contributed by atoms with Crippen molar-refractivity contribution in [2.75, 3.05) is 27.2 Å². The smallest absolute Gasteiger partial charge is 0.253 e. The Hall–Kier alpha value is -2.39. The molecule has 3 rings (SSSR count). The van der Waals surface area contributed by atoms with Gasteiger partial charge in [-0.05, 0) is 37.6 Å². The van der Waals surface area contributed by atoms with Crippen molar-refractivity contribution >= 4 is 11.8 Å². The summed E-state index contributed by atoms with van der Waals surface area (Å²) in [5.41, 5.74) is 1.04. The fraction of sp³-hybridized carbons (Fsp3) is 0.471. The summed E-state index contributed by atoms with van der Waals surface area (Å²) in [6.07, 6.45) is 0.781. The van der Waals surface area contributed by atoms with Crippen LogP contribution in [0.1, 0.15) is 22.3 Å². The lowest BCUT2D eigenvalue weighted by Crippen LogP contribution is -2.45. The van der Waals surface area contributed by atoms with Gasteiger partial charge in [-0.15, -0.1) is 0 Å². The van der Waals surface area contributed by atoms with E-state index in [4.69, 9.17) is 5.26 Å². The Morgan fingerprint density at radius 1 is 1.35 bits per heavy atom. The third-order valence-electron chi connectivity index (χ3n) is 5.02. The second-order valence-corrected chi connectivity index (χ2v) is 6.26. The number of hydrogen-bond acceptors (Lipinski definition) is 4. The summed E-state index contributed by atoms with van der Waals surface area (Å²) in [5.74, 6) is 0.327. The number of nitrogens with zero attached hydrogens (tertiary/aromatic N) is 3. The molecule has 0 aliphatic carbocycles. The van der Waals surface area contributed by atoms with Gasteiger partial charge in [-0.2, -0.15) is 5.26 Å². The Balaban J connectivity index is 1.71. The van der Waals surface area contributed by atoms with Crippen LogP contribution in [-0.4, -0.2) is 60.9 Å². The van der Waals surface area contributed by atoms with Gasteiger partial charge in [-0.1, -0.05) is 6.07 Å². The number of hydrogen-bond donors (Lipinski definition) is 1. The Bertz CT molecular complexity index is 681. The Morgan fingerprint density at radius 3 is 2.78 bits per heavy atom. The van der Waals surface area contributed by atoms with Gasteiger partial charge in [-0.25, -0.2) is 0 Å². The van der Waals surface area contributed by atoms with Crippen molar-refractivity contribution in [3.63, 3.8) is 0 Å². The van der Waals surface area contributed by atoms with E-state index in [1.807, 2.05) is 11.9 Å². The fourth-order valence-electron chi connectivity index (χ4n) is 3.76. The molecule has 6 heteroatoms. The average Bonchev–Trinajstić information content (AvgIpc) is 3.13. The second kappa shape index (κ2) is 6.01. The van der Waals surface area contributed by atoms with E-state index in [2.05, 4.69) is 16.3 Å². The number of carbonyl (C=O) groups excluding carboxylic acids is 2. The highest BCUT2D eigenvalue weighted by Crippen LogP contribution is 2.35. The molecule has 2 aliphatic rings. The normalized spacial score (nSPS) is 26.7. The second-order valence-electron chi connectivity index (χ2n) is 6.26. The molecule has 1 aromatic carbocycles. The molecule has 1 N–H and O–H groups in total. The summed E-state index contributed by atoms with van der Waals surface area (Å²) in [6, 6.07) is 8.98. The highest BCUT2D eigenvalue weighted by molar-refractivity contribution is 5.95. The molecule has 1 aromatic rings. The van der Waals surface area contributed by atoms with Gasteiger partial charge < -0.3 is 10.2 Å². The van der Waals surface area contributed by atoms with Crippen molar-refractivity contribution in [2.24, 2.45) is 5.92 Å². The number of nitriles is 1. The quantitative estimate of drug-likeness (QED) is 0.860. The molecule has 23 heavy (non-hydrogen) atoms. The monoisotopic (exact) mass is 312 g/mol. The van der Waals surface area contributed by atoms with Crippen molar-refractivity contribution < 1.29 is 9.59 Å². The maximum absolute atomic E-state index is 12.6. The third kappa shape index (κ3) is 2.68. The maximum atomic E-state index is 12.6. The molecule has 2 saturated heterocycles. The standard InChI is InChI=1S/C17H20N4O2/c1-19-16(22)14-7-13-9-21(10-15(13)20(14)2)17(23)12-5-3-4-11(6-12)8-18/h3-6,13-15H,7,9-10H2,1-2H3,(H,19,22)/t13-,14-,15+/m0/s1. The van der Waals surface area contributed by atoms with E-state index in [0.29, 0.717) is 30.1 Å². The molecule has 2 fully saturated rings. The van der Waals surface area contributed by atoms with Gasteiger partial charge in [0.05, 0.1) is 17.7 Å². The molecule has 0 saturated carbocycles. The molecule has 0 radical (unpaired) electrons. The van der Waals surface area contributed by atoms with E-state index in [-0.39, 0.29) is 23.9 Å². The van der Waals surface area contributed by atoms with Crippen LogP contribution in [0.15, 0.2) is 24.3 Å². The Labute approximate surface area is 135 Å². The molecule has 6 nitrogen and oxygen atoms in total. The Morgan fingerprint density at radius 2 is 2.13 bits per heavy atom. The van der Waals surface area contributed by atoms with E-state index in [0.717, 1.165) is 6.42 Å². The molecule has 0 spiro atoms. The summed E-state index contributed by atoms with van der Waals surface area (Å²) in [4.78, 5) is 28.5. The molecule has 0 bridgehead atoms. The van der Waals surface area contributed by atoms with Crippen LogP contribution in [0.5, 0.6) is 0 Å². The van der Waals surface area contributed by atoms with Gasteiger partial charge in [0, 0.05) is 31.7 Å². The van der Waals surface area contributed by atoms with Crippen LogP contribution in [0.3, 0.4) is 0 Å². The minimum absolute atomic E-state index is 0.0404. The lowest BCUT2D eigenvalue weighted by molar-refractivity contribution is -0.125. The van der Waals surface area contributed by atoms with E-state index in [1.165, 1.54) is 0 Å². The topological polar surface area (TPSA) is 76.4 Å². The first kappa shape index (κ1) is 15.5. The summed E-state index contributed by atoms with van der Waals surface area (Å²) in [7, 11) is 3.61. The summed E-state index contributed by atoms with van der Waals surface area (Å²) < 4.78 is 0. The van der Waals surface area contributed by atoms with Gasteiger partial charge in [0.2, 0.25) is 5.91 Å². The highest BCUT2D eigenvalue weighted by atomic mass is 16.2. The van der Waals surface area contributed by atoms with E-state index < -0.39 is 0 Å². The molecule has 2 heterocycles. The first-order chi connectivity index (χ1) is 11.0. The molecular formula is C17H20N4O2. The molecule has 120 valence electrons. The van der Waals surface area contributed by atoms with Gasteiger partial charge in [0.25, 0.3) is 5.91 Å². The van der Waals surface area contributed by atoms with Crippen LogP contribution >= 0.6 is 0 Å². The predicted molar refractivity (Wildman–Crippen MR) is 84.6 cm³/mol. The molecule has 2 amide bonds. The van der Waals surface area contributed by atoms with E-state index in [9.17, 15) is 9.59 Å². The van der Waals surface area contributed by atoms with E-state index in [1.54, 1.807) is 31.3 Å². The zero-order valence-electron chi connectivity index (χ0n) is 13.3. The summed E-state index contributed by atoms with van der Waals surface area (Å²) >= 11 is 0. The molecule has 3 atom stereocenters. The molecule has 2 aliphatic heterocycles. The van der Waals surface area contributed by atoms with Crippen molar-refractivity contribution in [1.82, 2.24) is 15.1 Å². The highest BCUT2D eigenvalue weighted by Gasteiger charge is 2.47. The van der Waals surface area contributed by atoms with Crippen LogP contribution in [0.4, 0.5) is 0 Å². The number of carbonyl (C=O) groups is 2. The average molecular weight is 312 g/mol. The molecule has 0 aromatic heterocycles. The maximum Gasteiger partial charge on any atom is 0.253 e. The zero-order chi connectivity index (χ0) is 16.6. The minimum Gasteiger partial charge on any atom is -0.358 e. The number of fused-ring (bicyclic) bond motifs is 1. The van der Waals surface area contributed by atoms with Crippen LogP contribution in [0, 0.1) is 17.2 Å². The third-order valence-corrected chi connectivity index (χ3v) is 5.02. The number of likely N-dealkylation sites (tertiary alicyclic amines) is 2. The van der Waals surface area contributed by atoms with Crippen LogP contribution in [0.2, 0.25) is 0 Å². The van der Waals surface area contributed by atoms with Gasteiger partial charge in [-0.3, -0.25) is 14.5 Å². The lowest BCUT2D eigenvalue weighted by atomic mass is 10.0. The van der Waals surface area contributed by atoms with Crippen molar-refractivity contribution in [2.45, 2.75) is 18.5 Å². The number of amides is 2. The summed E-state index contributed by atoms with van der Waals surface area (Å²) in [5, 5.41) is 11.7. The fourth-order valence-corrected chi connectivity index (χ4v) is 3.76. The Kier molecular flexibility index (Phi) is 4.05. The van der Waals surface area contributed by atoms with Gasteiger partial charge >= 0.3 is 0 Å². The summed E-state index contributed by atoms with van der Waals surface area (Å²) in [6.45, 7) is 1.29. The van der Waals surface area contributed by atoms with E-state index >= 15 is 0 Å². The lowest BCUT2D eigenvalue weighted by Gasteiger charge is -2.25. The largest absolute Gasteiger partial charge is 0.358 e. The number of benzene rings is 1. The first-order valence-corrected chi connectivity index (χ1v) is 7.78. The van der Waals surface area contributed by atoms with Gasteiger partial charge in [0.1, 0.15) is 0 Å². The van der Waals surface area contributed by atoms with Crippen molar-refractivity contribution in [3.8, 4) is 6.07 Å². The number of nitrogens with one attached hydrogen (secondary N) is 1. The van der Waals surface area contributed by atoms with Crippen LogP contribution < -0.4 is 5.32 Å². The van der Waals surface area contributed by atoms with Gasteiger partial charge in [0.15, 0.2) is 0 Å². The molecular weight excluding hydrogens is 292 g/mol. The van der Waals surface area contributed by atoms with Crippen LogP contribution in [-0.2, 0) is 4.79 Å². The number of likely N-dealkylation sites (N-methyl/N-ethyl adjacent to an activating group) is 2. The zero-order valence-corrected chi connectivity index (χ0v) is 13.3. The SMILES string of the molecule is CNC(=O)[C@@H]1C[C@H]2CN(C(=O)c3cccc(C#N)c3)C[C@H]2N1C. The first-order valence-electron chi connectivity index (χ1n) is 7.78. The predicted octanol–water partition coefficient (Wildman–Crippen LogP) is 0.449. The van der Waals surface area contributed by atoms with Crippen molar-refractivity contribution in [3.05, 3.63) is 35.4 Å². The number of rotatable bonds is 2. The van der Waals surface area contributed by atoms with Crippen molar-refractivity contribution in [1.29, 1.82) is 5.26 Å². The van der Waals surface area contributed by atoms with Crippen LogP contribution in [0.25, 0.3) is 0 Å². The minimum atomic E-state index is -0.103. The molecule has 0 unspecified atom stereocenters.